The lowest BCUT2D eigenvalue weighted by molar-refractivity contribution is -0.904. The van der Waals surface area contributed by atoms with Gasteiger partial charge in [-0.1, -0.05) is 23.8 Å². The maximum absolute atomic E-state index is 12.8. The monoisotopic (exact) mass is 422 g/mol. The summed E-state index contributed by atoms with van der Waals surface area (Å²) in [5.41, 5.74) is 1.03. The molecule has 8 heteroatoms. The summed E-state index contributed by atoms with van der Waals surface area (Å²) in [5.74, 6) is 0.0980. The molecule has 0 spiro atoms. The summed E-state index contributed by atoms with van der Waals surface area (Å²) in [6.07, 6.45) is 0. The summed E-state index contributed by atoms with van der Waals surface area (Å²) < 4.78 is 27.1. The fourth-order valence-electron chi connectivity index (χ4n) is 3.33. The highest BCUT2D eigenvalue weighted by atomic mass is 32.2. The molecule has 28 heavy (non-hydrogen) atoms. The van der Waals surface area contributed by atoms with Crippen LogP contribution in [0.5, 0.6) is 0 Å². The highest BCUT2D eigenvalue weighted by molar-refractivity contribution is 7.89. The van der Waals surface area contributed by atoms with E-state index in [9.17, 15) is 13.2 Å². The van der Waals surface area contributed by atoms with E-state index in [1.54, 1.807) is 28.4 Å². The molecule has 6 nitrogen and oxygen atoms in total. The number of aryl methyl sites for hydroxylation is 1. The number of quaternary nitrogens is 1. The van der Waals surface area contributed by atoms with Crippen LogP contribution in [0.15, 0.2) is 46.7 Å². The van der Waals surface area contributed by atoms with E-state index in [0.717, 1.165) is 18.7 Å². The van der Waals surface area contributed by atoms with Crippen LogP contribution >= 0.6 is 11.3 Å². The summed E-state index contributed by atoms with van der Waals surface area (Å²) in [6, 6.07) is 11.0. The lowest BCUT2D eigenvalue weighted by Gasteiger charge is -2.34. The van der Waals surface area contributed by atoms with Gasteiger partial charge in [-0.3, -0.25) is 4.79 Å². The van der Waals surface area contributed by atoms with Crippen molar-refractivity contribution in [1.82, 2.24) is 9.21 Å². The second-order valence-corrected chi connectivity index (χ2v) is 10.1. The van der Waals surface area contributed by atoms with Crippen molar-refractivity contribution in [2.75, 3.05) is 39.3 Å². The number of likely N-dealkylation sites (N-methyl/N-ethyl adjacent to an activating group) is 1. The third-order valence-corrected chi connectivity index (χ3v) is 7.94. The van der Waals surface area contributed by atoms with Crippen LogP contribution in [-0.2, 0) is 21.4 Å². The first-order valence-electron chi connectivity index (χ1n) is 9.60. The molecule has 1 amide bonds. The third-order valence-electron chi connectivity index (χ3n) is 5.16. The molecular formula is C20H28N3O3S2+. The minimum atomic E-state index is -3.50. The Balaban J connectivity index is 1.55. The summed E-state index contributed by atoms with van der Waals surface area (Å²) in [7, 11) is -3.50. The zero-order chi connectivity index (χ0) is 20.1. The number of hydrogen-bond acceptors (Lipinski definition) is 4. The van der Waals surface area contributed by atoms with Gasteiger partial charge < -0.3 is 9.80 Å². The molecule has 0 aliphatic carbocycles. The van der Waals surface area contributed by atoms with Gasteiger partial charge in [0.1, 0.15) is 6.54 Å². The molecule has 1 fully saturated rings. The maximum Gasteiger partial charge on any atom is 0.277 e. The maximum atomic E-state index is 12.8. The number of nitrogens with zero attached hydrogens (tertiary/aromatic N) is 2. The number of rotatable bonds is 7. The molecule has 2 aromatic rings. The van der Waals surface area contributed by atoms with Crippen molar-refractivity contribution in [2.45, 2.75) is 25.3 Å². The van der Waals surface area contributed by atoms with Crippen molar-refractivity contribution in [3.05, 3.63) is 52.2 Å². The Kier molecular flexibility index (Phi) is 6.87. The summed E-state index contributed by atoms with van der Waals surface area (Å²) in [6.45, 7) is 7.76. The van der Waals surface area contributed by atoms with Crippen LogP contribution in [0.2, 0.25) is 0 Å². The van der Waals surface area contributed by atoms with Gasteiger partial charge in [0.25, 0.3) is 5.91 Å². The van der Waals surface area contributed by atoms with E-state index in [2.05, 4.69) is 18.4 Å². The minimum absolute atomic E-state index is 0.0980. The molecule has 0 radical (unpaired) electrons. The quantitative estimate of drug-likeness (QED) is 0.724. The van der Waals surface area contributed by atoms with Gasteiger partial charge in [0.2, 0.25) is 10.0 Å². The fourth-order valence-corrected chi connectivity index (χ4v) is 5.53. The van der Waals surface area contributed by atoms with Gasteiger partial charge in [-0.25, -0.2) is 8.42 Å². The largest absolute Gasteiger partial charge is 0.335 e. The Hall–Kier alpha value is -1.74. The molecular weight excluding hydrogens is 394 g/mol. The highest BCUT2D eigenvalue weighted by Gasteiger charge is 2.31. The van der Waals surface area contributed by atoms with Crippen LogP contribution < -0.4 is 4.90 Å². The van der Waals surface area contributed by atoms with E-state index >= 15 is 0 Å². The molecule has 152 valence electrons. The lowest BCUT2D eigenvalue weighted by atomic mass is 10.2. The highest BCUT2D eigenvalue weighted by Crippen LogP contribution is 2.18. The molecule has 1 N–H and O–H groups in total. The fraction of sp³-hybridized carbons (Fsp3) is 0.450. The number of piperazine rings is 1. The predicted octanol–water partition coefficient (Wildman–Crippen LogP) is 0.994. The molecule has 0 saturated carbocycles. The van der Waals surface area contributed by atoms with E-state index in [-0.39, 0.29) is 5.91 Å². The number of carbonyl (C=O) groups is 1. The van der Waals surface area contributed by atoms with Crippen LogP contribution in [0.4, 0.5) is 0 Å². The smallest absolute Gasteiger partial charge is 0.277 e. The molecule has 2 heterocycles. The van der Waals surface area contributed by atoms with E-state index in [0.29, 0.717) is 37.6 Å². The van der Waals surface area contributed by atoms with Gasteiger partial charge in [-0.15, -0.1) is 11.3 Å². The van der Waals surface area contributed by atoms with Crippen LogP contribution in [0.1, 0.15) is 17.4 Å². The Morgan fingerprint density at radius 1 is 1.11 bits per heavy atom. The first-order valence-corrected chi connectivity index (χ1v) is 11.9. The van der Waals surface area contributed by atoms with Gasteiger partial charge in [0.15, 0.2) is 6.54 Å². The number of thiophene rings is 1. The number of hydrogen-bond donors (Lipinski definition) is 1. The van der Waals surface area contributed by atoms with E-state index in [4.69, 9.17) is 0 Å². The standard InChI is InChI=1S/C20H27N3O3S2/c1-3-21(15-18-5-4-14-27-18)16-20(24)22-10-12-23(13-11-22)28(25,26)19-8-6-17(2)7-9-19/h4-9,14H,3,10-13,15-16H2,1-2H3/p+1. The molecule has 1 aliphatic heterocycles. The zero-order valence-corrected chi connectivity index (χ0v) is 18.1. The third kappa shape index (κ3) is 5.00. The SMILES string of the molecule is CC[NH+](CC(=O)N1CCN(S(=O)(=O)c2ccc(C)cc2)CC1)Cc1cccs1. The molecule has 1 unspecified atom stereocenters. The summed E-state index contributed by atoms with van der Waals surface area (Å²) >= 11 is 1.71. The van der Waals surface area contributed by atoms with Crippen molar-refractivity contribution in [3.8, 4) is 0 Å². The van der Waals surface area contributed by atoms with E-state index in [1.807, 2.05) is 25.1 Å². The van der Waals surface area contributed by atoms with Crippen LogP contribution in [-0.4, -0.2) is 62.8 Å². The van der Waals surface area contributed by atoms with Gasteiger partial charge in [-0.2, -0.15) is 4.31 Å². The first-order chi connectivity index (χ1) is 13.4. The number of carbonyl (C=O) groups excluding carboxylic acids is 1. The number of benzene rings is 1. The second kappa shape index (κ2) is 9.17. The summed E-state index contributed by atoms with van der Waals surface area (Å²) in [4.78, 5) is 17.3. The predicted molar refractivity (Wildman–Crippen MR) is 111 cm³/mol. The van der Waals surface area contributed by atoms with Crippen molar-refractivity contribution in [2.24, 2.45) is 0 Å². The van der Waals surface area contributed by atoms with Crippen molar-refractivity contribution < 1.29 is 18.1 Å². The van der Waals surface area contributed by atoms with Gasteiger partial charge >= 0.3 is 0 Å². The Bertz CT molecular complexity index is 872. The van der Waals surface area contributed by atoms with Crippen molar-refractivity contribution in [3.63, 3.8) is 0 Å². The first kappa shape index (κ1) is 21.0. The van der Waals surface area contributed by atoms with Crippen LogP contribution in [0.3, 0.4) is 0 Å². The minimum Gasteiger partial charge on any atom is -0.335 e. The molecule has 1 aromatic heterocycles. The van der Waals surface area contributed by atoms with E-state index in [1.165, 1.54) is 14.1 Å². The lowest BCUT2D eigenvalue weighted by Crippen LogP contribution is -3.11. The average Bonchev–Trinajstić information content (AvgIpc) is 3.21. The molecule has 1 atom stereocenters. The summed E-state index contributed by atoms with van der Waals surface area (Å²) in [5, 5.41) is 2.05. The normalized spacial score (nSPS) is 16.9. The van der Waals surface area contributed by atoms with Crippen molar-refractivity contribution in [1.29, 1.82) is 0 Å². The number of sulfonamides is 1. The van der Waals surface area contributed by atoms with Gasteiger partial charge in [0.05, 0.1) is 16.3 Å². The van der Waals surface area contributed by atoms with Gasteiger partial charge in [0, 0.05) is 26.2 Å². The number of amides is 1. The van der Waals surface area contributed by atoms with Crippen LogP contribution in [0, 0.1) is 6.92 Å². The molecule has 1 saturated heterocycles. The Labute approximate surface area is 171 Å². The molecule has 3 rings (SSSR count). The van der Waals surface area contributed by atoms with Crippen molar-refractivity contribution >= 4 is 27.3 Å². The molecule has 0 bridgehead atoms. The zero-order valence-electron chi connectivity index (χ0n) is 16.4. The Morgan fingerprint density at radius 2 is 1.79 bits per heavy atom. The topological polar surface area (TPSA) is 62.1 Å². The van der Waals surface area contributed by atoms with Gasteiger partial charge in [-0.05, 0) is 37.4 Å². The average molecular weight is 423 g/mol. The van der Waals surface area contributed by atoms with Crippen LogP contribution in [0.25, 0.3) is 0 Å². The molecule has 1 aromatic carbocycles. The second-order valence-electron chi connectivity index (χ2n) is 7.13. The van der Waals surface area contributed by atoms with E-state index < -0.39 is 10.0 Å². The number of nitrogens with one attached hydrogen (secondary N) is 1. The molecule has 1 aliphatic rings. The Morgan fingerprint density at radius 3 is 2.36 bits per heavy atom.